The first-order valence-electron chi connectivity index (χ1n) is 8.64. The average Bonchev–Trinajstić information content (AvgIpc) is 2.49. The van der Waals surface area contributed by atoms with Gasteiger partial charge in [-0.15, -0.1) is 0 Å². The molecule has 2 bridgehead atoms. The van der Waals surface area contributed by atoms with E-state index >= 15 is 0 Å². The average molecular weight is 283 g/mol. The van der Waals surface area contributed by atoms with Crippen molar-refractivity contribution in [3.05, 3.63) is 47.5 Å². The lowest BCUT2D eigenvalue weighted by molar-refractivity contribution is 0.0328. The van der Waals surface area contributed by atoms with Crippen molar-refractivity contribution in [3.8, 4) is 0 Å². The SMILES string of the molecule is CC/C=C/CCN1CCC2(C)c3ccccc3CC1C2C. The standard InChI is InChI=1S/C20H29N/c1-4-5-6-9-13-21-14-12-20(3)16(2)19(21)15-17-10-7-8-11-18(17)20/h5-8,10-11,16,19H,4,9,12-15H2,1-3H3/b6-5+. The zero-order chi connectivity index (χ0) is 14.9. The molecule has 0 N–H and O–H groups in total. The molecule has 1 aliphatic heterocycles. The molecule has 3 unspecified atom stereocenters. The summed E-state index contributed by atoms with van der Waals surface area (Å²) in [5.41, 5.74) is 3.60. The van der Waals surface area contributed by atoms with Crippen LogP contribution in [0.15, 0.2) is 36.4 Å². The van der Waals surface area contributed by atoms with E-state index in [-0.39, 0.29) is 0 Å². The van der Waals surface area contributed by atoms with Gasteiger partial charge in [0, 0.05) is 12.6 Å². The molecule has 1 aliphatic carbocycles. The first-order valence-corrected chi connectivity index (χ1v) is 8.64. The molecule has 0 spiro atoms. The van der Waals surface area contributed by atoms with Crippen LogP contribution in [0.3, 0.4) is 0 Å². The molecule has 1 heteroatoms. The quantitative estimate of drug-likeness (QED) is 0.732. The third-order valence-corrected chi connectivity index (χ3v) is 6.02. The van der Waals surface area contributed by atoms with Crippen LogP contribution in [-0.4, -0.2) is 24.0 Å². The molecule has 2 aliphatic rings. The molecular formula is C20H29N. The molecule has 21 heavy (non-hydrogen) atoms. The van der Waals surface area contributed by atoms with Gasteiger partial charge >= 0.3 is 0 Å². The number of piperidine rings is 1. The van der Waals surface area contributed by atoms with Gasteiger partial charge in [-0.2, -0.15) is 0 Å². The van der Waals surface area contributed by atoms with Crippen LogP contribution in [0.1, 0.15) is 51.2 Å². The number of fused-ring (bicyclic) bond motifs is 4. The summed E-state index contributed by atoms with van der Waals surface area (Å²) in [4.78, 5) is 2.75. The summed E-state index contributed by atoms with van der Waals surface area (Å²) < 4.78 is 0. The highest BCUT2D eigenvalue weighted by molar-refractivity contribution is 5.39. The van der Waals surface area contributed by atoms with Gasteiger partial charge < -0.3 is 0 Å². The van der Waals surface area contributed by atoms with Crippen molar-refractivity contribution < 1.29 is 0 Å². The Bertz CT molecular complexity index is 518. The van der Waals surface area contributed by atoms with Crippen LogP contribution in [-0.2, 0) is 11.8 Å². The fraction of sp³-hybridized carbons (Fsp3) is 0.600. The normalized spacial score (nSPS) is 32.3. The molecular weight excluding hydrogens is 254 g/mol. The van der Waals surface area contributed by atoms with E-state index in [9.17, 15) is 0 Å². The van der Waals surface area contributed by atoms with Gasteiger partial charge in [-0.3, -0.25) is 4.90 Å². The van der Waals surface area contributed by atoms with Crippen molar-refractivity contribution in [2.24, 2.45) is 5.92 Å². The Balaban J connectivity index is 1.80. The number of nitrogens with zero attached hydrogens (tertiary/aromatic N) is 1. The van der Waals surface area contributed by atoms with Gasteiger partial charge in [-0.05, 0) is 54.7 Å². The van der Waals surface area contributed by atoms with Crippen LogP contribution >= 0.6 is 0 Å². The highest BCUT2D eigenvalue weighted by Crippen LogP contribution is 2.48. The molecule has 1 heterocycles. The van der Waals surface area contributed by atoms with Crippen molar-refractivity contribution in [2.75, 3.05) is 13.1 Å². The second kappa shape index (κ2) is 5.96. The molecule has 0 saturated carbocycles. The number of rotatable bonds is 4. The molecule has 0 radical (unpaired) electrons. The van der Waals surface area contributed by atoms with Crippen LogP contribution in [0, 0.1) is 5.92 Å². The molecule has 1 fully saturated rings. The van der Waals surface area contributed by atoms with E-state index < -0.39 is 0 Å². The Labute approximate surface area is 130 Å². The van der Waals surface area contributed by atoms with E-state index in [1.165, 1.54) is 32.4 Å². The van der Waals surface area contributed by atoms with Gasteiger partial charge in [-0.1, -0.05) is 57.2 Å². The highest BCUT2D eigenvalue weighted by atomic mass is 15.2. The van der Waals surface area contributed by atoms with Crippen LogP contribution in [0.25, 0.3) is 0 Å². The molecule has 3 atom stereocenters. The number of likely N-dealkylation sites (tertiary alicyclic amines) is 1. The van der Waals surface area contributed by atoms with Gasteiger partial charge in [0.2, 0.25) is 0 Å². The Kier molecular flexibility index (Phi) is 4.21. The Hall–Kier alpha value is -1.08. The maximum Gasteiger partial charge on any atom is 0.0170 e. The van der Waals surface area contributed by atoms with Crippen molar-refractivity contribution in [1.82, 2.24) is 4.90 Å². The summed E-state index contributed by atoms with van der Waals surface area (Å²) in [6.07, 6.45) is 9.56. The smallest absolute Gasteiger partial charge is 0.0170 e. The maximum absolute atomic E-state index is 2.75. The predicted molar refractivity (Wildman–Crippen MR) is 90.7 cm³/mol. The summed E-state index contributed by atoms with van der Waals surface area (Å²) in [6.45, 7) is 9.68. The Morgan fingerprint density at radius 1 is 1.29 bits per heavy atom. The topological polar surface area (TPSA) is 3.24 Å². The predicted octanol–water partition coefficient (Wildman–Crippen LogP) is 4.57. The highest BCUT2D eigenvalue weighted by Gasteiger charge is 2.47. The number of allylic oxidation sites excluding steroid dienone is 1. The molecule has 1 aromatic carbocycles. The fourth-order valence-electron chi connectivity index (χ4n) is 4.48. The molecule has 0 aromatic heterocycles. The van der Waals surface area contributed by atoms with E-state index in [0.717, 1.165) is 18.4 Å². The number of hydrogen-bond donors (Lipinski definition) is 0. The minimum atomic E-state index is 0.384. The van der Waals surface area contributed by atoms with E-state index in [1.807, 2.05) is 0 Å². The zero-order valence-corrected chi connectivity index (χ0v) is 13.8. The minimum absolute atomic E-state index is 0.384. The maximum atomic E-state index is 2.75. The third kappa shape index (κ3) is 2.57. The zero-order valence-electron chi connectivity index (χ0n) is 13.8. The summed E-state index contributed by atoms with van der Waals surface area (Å²) in [5.74, 6) is 0.760. The molecule has 1 aromatic rings. The molecule has 1 nitrogen and oxygen atoms in total. The number of hydrogen-bond acceptors (Lipinski definition) is 1. The Morgan fingerprint density at radius 3 is 2.90 bits per heavy atom. The van der Waals surface area contributed by atoms with Crippen molar-refractivity contribution in [2.45, 2.75) is 57.9 Å². The van der Waals surface area contributed by atoms with Gasteiger partial charge in [0.15, 0.2) is 0 Å². The number of benzene rings is 1. The van der Waals surface area contributed by atoms with Crippen molar-refractivity contribution >= 4 is 0 Å². The Morgan fingerprint density at radius 2 is 2.10 bits per heavy atom. The summed E-state index contributed by atoms with van der Waals surface area (Å²) in [7, 11) is 0. The second-order valence-electron chi connectivity index (χ2n) is 7.09. The summed E-state index contributed by atoms with van der Waals surface area (Å²) in [6, 6.07) is 9.89. The van der Waals surface area contributed by atoms with Crippen LogP contribution in [0.4, 0.5) is 0 Å². The fourth-order valence-corrected chi connectivity index (χ4v) is 4.48. The van der Waals surface area contributed by atoms with E-state index in [1.54, 1.807) is 11.1 Å². The molecule has 114 valence electrons. The van der Waals surface area contributed by atoms with E-state index in [2.05, 4.69) is 62.1 Å². The van der Waals surface area contributed by atoms with Crippen molar-refractivity contribution in [3.63, 3.8) is 0 Å². The lowest BCUT2D eigenvalue weighted by Gasteiger charge is -2.54. The van der Waals surface area contributed by atoms with Crippen LogP contribution < -0.4 is 0 Å². The molecule has 1 saturated heterocycles. The lowest BCUT2D eigenvalue weighted by atomic mass is 9.59. The summed E-state index contributed by atoms with van der Waals surface area (Å²) in [5, 5.41) is 0. The van der Waals surface area contributed by atoms with Crippen LogP contribution in [0.5, 0.6) is 0 Å². The van der Waals surface area contributed by atoms with E-state index in [0.29, 0.717) is 5.41 Å². The van der Waals surface area contributed by atoms with Crippen LogP contribution in [0.2, 0.25) is 0 Å². The summed E-state index contributed by atoms with van der Waals surface area (Å²) >= 11 is 0. The second-order valence-corrected chi connectivity index (χ2v) is 7.09. The van der Waals surface area contributed by atoms with Gasteiger partial charge in [-0.25, -0.2) is 0 Å². The van der Waals surface area contributed by atoms with Gasteiger partial charge in [0.1, 0.15) is 0 Å². The molecule has 3 rings (SSSR count). The minimum Gasteiger partial charge on any atom is -0.299 e. The first kappa shape index (κ1) is 14.8. The lowest BCUT2D eigenvalue weighted by Crippen LogP contribution is -2.58. The largest absolute Gasteiger partial charge is 0.299 e. The third-order valence-electron chi connectivity index (χ3n) is 6.02. The van der Waals surface area contributed by atoms with E-state index in [4.69, 9.17) is 0 Å². The van der Waals surface area contributed by atoms with Gasteiger partial charge in [0.05, 0.1) is 0 Å². The molecule has 0 amide bonds. The monoisotopic (exact) mass is 283 g/mol. The van der Waals surface area contributed by atoms with Gasteiger partial charge in [0.25, 0.3) is 0 Å². The first-order chi connectivity index (χ1) is 10.2. The van der Waals surface area contributed by atoms with Crippen molar-refractivity contribution in [1.29, 1.82) is 0 Å².